The predicted octanol–water partition coefficient (Wildman–Crippen LogP) is 2.04. The number of hydrogen-bond donors (Lipinski definition) is 1. The van der Waals surface area contributed by atoms with Crippen LogP contribution in [0.25, 0.3) is 10.2 Å². The summed E-state index contributed by atoms with van der Waals surface area (Å²) in [4.78, 5) is 17.1. The van der Waals surface area contributed by atoms with Gasteiger partial charge in [0.25, 0.3) is 11.8 Å². The Bertz CT molecular complexity index is 655. The van der Waals surface area contributed by atoms with Crippen LogP contribution >= 0.6 is 11.3 Å². The molecule has 0 bridgehead atoms. The van der Waals surface area contributed by atoms with Gasteiger partial charge >= 0.3 is 0 Å². The maximum atomic E-state index is 13.2. The number of carbonyl (C=O) groups excluding carboxylic acids is 1. The highest BCUT2D eigenvalue weighted by Gasteiger charge is 2.39. The van der Waals surface area contributed by atoms with E-state index in [-0.39, 0.29) is 25.1 Å². The Morgan fingerprint density at radius 1 is 1.58 bits per heavy atom. The molecule has 1 fully saturated rings. The number of anilines is 1. The number of nitrogens with two attached hydrogens (primary N) is 1. The first-order chi connectivity index (χ1) is 8.96. The zero-order valence-corrected chi connectivity index (χ0v) is 10.6. The Hall–Kier alpha value is -1.76. The van der Waals surface area contributed by atoms with E-state index in [0.717, 1.165) is 4.70 Å². The number of fused-ring (bicyclic) bond motifs is 1. The molecule has 4 nitrogen and oxygen atoms in total. The van der Waals surface area contributed by atoms with Gasteiger partial charge in [0.15, 0.2) is 5.13 Å². The van der Waals surface area contributed by atoms with Gasteiger partial charge in [-0.25, -0.2) is 13.8 Å². The Balaban J connectivity index is 2.03. The van der Waals surface area contributed by atoms with Crippen LogP contribution in [0.2, 0.25) is 0 Å². The second kappa shape index (κ2) is 4.12. The zero-order valence-electron chi connectivity index (χ0n) is 9.82. The van der Waals surface area contributed by atoms with Gasteiger partial charge in [-0.15, -0.1) is 0 Å². The van der Waals surface area contributed by atoms with Crippen LogP contribution in [-0.2, 0) is 0 Å². The molecule has 1 aromatic heterocycles. The molecule has 19 heavy (non-hydrogen) atoms. The normalized spacial score (nSPS) is 18.1. The second-order valence-electron chi connectivity index (χ2n) is 4.45. The molecule has 1 saturated heterocycles. The third kappa shape index (κ3) is 2.14. The number of thiazole rings is 1. The lowest BCUT2D eigenvalue weighted by Gasteiger charge is -2.13. The predicted molar refractivity (Wildman–Crippen MR) is 68.8 cm³/mol. The molecule has 99 valence electrons. The topological polar surface area (TPSA) is 59.2 Å². The molecule has 3 rings (SSSR count). The average molecular weight is 282 g/mol. The molecule has 0 atom stereocenters. The quantitative estimate of drug-likeness (QED) is 0.917. The Morgan fingerprint density at radius 2 is 2.37 bits per heavy atom. The van der Waals surface area contributed by atoms with Gasteiger partial charge in [0.2, 0.25) is 0 Å². The molecule has 0 unspecified atom stereocenters. The van der Waals surface area contributed by atoms with Gasteiger partial charge in [-0.1, -0.05) is 17.4 Å². The summed E-state index contributed by atoms with van der Waals surface area (Å²) in [7, 11) is 0. The van der Waals surface area contributed by atoms with E-state index in [0.29, 0.717) is 10.6 Å². The SMILES string of the molecule is NC(=O)c1[c]ccc2sc(N3CCC(F)(F)C3)nc12. The molecular weight excluding hydrogens is 272 g/mol. The first-order valence-corrected chi connectivity index (χ1v) is 6.52. The third-order valence-electron chi connectivity index (χ3n) is 3.03. The van der Waals surface area contributed by atoms with Crippen LogP contribution in [0.3, 0.4) is 0 Å². The van der Waals surface area contributed by atoms with Crippen molar-refractivity contribution in [2.24, 2.45) is 5.73 Å². The van der Waals surface area contributed by atoms with Crippen molar-refractivity contribution in [3.63, 3.8) is 0 Å². The maximum absolute atomic E-state index is 13.2. The van der Waals surface area contributed by atoms with Crippen molar-refractivity contribution in [3.05, 3.63) is 23.8 Å². The van der Waals surface area contributed by atoms with Crippen LogP contribution in [-0.4, -0.2) is 29.9 Å². The first kappa shape index (κ1) is 12.3. The van der Waals surface area contributed by atoms with Crippen LogP contribution in [0.5, 0.6) is 0 Å². The van der Waals surface area contributed by atoms with E-state index in [1.807, 2.05) is 0 Å². The summed E-state index contributed by atoms with van der Waals surface area (Å²) in [5.74, 6) is -3.29. The molecular formula is C12H10F2N3OS. The zero-order chi connectivity index (χ0) is 13.6. The summed E-state index contributed by atoms with van der Waals surface area (Å²) in [6.45, 7) is -0.0646. The lowest BCUT2D eigenvalue weighted by molar-refractivity contribution is 0.0257. The average Bonchev–Trinajstić information content (AvgIpc) is 2.90. The van der Waals surface area contributed by atoms with Gasteiger partial charge in [-0.05, 0) is 12.1 Å². The van der Waals surface area contributed by atoms with Crippen molar-refractivity contribution >= 4 is 32.6 Å². The summed E-state index contributed by atoms with van der Waals surface area (Å²) in [6.07, 6.45) is -0.169. The van der Waals surface area contributed by atoms with Gasteiger partial charge in [-0.2, -0.15) is 0 Å². The molecule has 1 radical (unpaired) electrons. The number of hydrogen-bond acceptors (Lipinski definition) is 4. The monoisotopic (exact) mass is 282 g/mol. The van der Waals surface area contributed by atoms with Crippen molar-refractivity contribution in [2.45, 2.75) is 12.3 Å². The Labute approximate surface area is 111 Å². The smallest absolute Gasteiger partial charge is 0.267 e. The molecule has 2 aromatic rings. The molecule has 0 aliphatic carbocycles. The molecule has 1 aliphatic rings. The summed E-state index contributed by atoms with van der Waals surface area (Å²) in [6, 6.07) is 6.07. The molecule has 7 heteroatoms. The fraction of sp³-hybridized carbons (Fsp3) is 0.333. The summed E-state index contributed by atoms with van der Waals surface area (Å²) in [5, 5.41) is 0.495. The molecule has 2 N–H and O–H groups in total. The first-order valence-electron chi connectivity index (χ1n) is 5.70. The number of benzene rings is 1. The van der Waals surface area contributed by atoms with Crippen LogP contribution in [0.15, 0.2) is 12.1 Å². The number of aromatic nitrogens is 1. The summed E-state index contributed by atoms with van der Waals surface area (Å²) < 4.78 is 27.1. The third-order valence-corrected chi connectivity index (χ3v) is 4.11. The van der Waals surface area contributed by atoms with Crippen molar-refractivity contribution < 1.29 is 13.6 Å². The van der Waals surface area contributed by atoms with Gasteiger partial charge < -0.3 is 10.6 Å². The molecule has 1 aromatic carbocycles. The van der Waals surface area contributed by atoms with E-state index in [9.17, 15) is 13.6 Å². The van der Waals surface area contributed by atoms with E-state index in [2.05, 4.69) is 11.1 Å². The van der Waals surface area contributed by atoms with E-state index in [1.54, 1.807) is 12.1 Å². The van der Waals surface area contributed by atoms with Gasteiger partial charge in [-0.3, -0.25) is 4.79 Å². The second-order valence-corrected chi connectivity index (χ2v) is 5.46. The molecule has 1 aliphatic heterocycles. The van der Waals surface area contributed by atoms with Gasteiger partial charge in [0, 0.05) is 13.0 Å². The van der Waals surface area contributed by atoms with Crippen molar-refractivity contribution in [3.8, 4) is 0 Å². The number of halogens is 2. The lowest BCUT2D eigenvalue weighted by atomic mass is 10.2. The summed E-state index contributed by atoms with van der Waals surface area (Å²) >= 11 is 1.28. The minimum absolute atomic E-state index is 0.169. The van der Waals surface area contributed by atoms with Crippen LogP contribution in [0.4, 0.5) is 13.9 Å². The number of amides is 1. The van der Waals surface area contributed by atoms with Gasteiger partial charge in [0.1, 0.15) is 0 Å². The van der Waals surface area contributed by atoms with Crippen molar-refractivity contribution in [1.29, 1.82) is 0 Å². The van der Waals surface area contributed by atoms with Crippen LogP contribution in [0, 0.1) is 6.07 Å². The van der Waals surface area contributed by atoms with Crippen LogP contribution < -0.4 is 10.6 Å². The number of alkyl halides is 2. The van der Waals surface area contributed by atoms with Crippen LogP contribution in [0.1, 0.15) is 16.8 Å². The van der Waals surface area contributed by atoms with E-state index < -0.39 is 11.8 Å². The highest BCUT2D eigenvalue weighted by Crippen LogP contribution is 2.36. The minimum atomic E-state index is -2.67. The number of primary amides is 1. The van der Waals surface area contributed by atoms with Gasteiger partial charge in [0.05, 0.1) is 22.3 Å². The largest absolute Gasteiger partial charge is 0.366 e. The minimum Gasteiger partial charge on any atom is -0.366 e. The standard InChI is InChI=1S/C12H10F2N3OS/c13-12(14)4-5-17(6-12)11-16-9-7(10(15)18)2-1-3-8(9)19-11/h1,3H,4-6H2,(H2,15,18). The van der Waals surface area contributed by atoms with E-state index in [4.69, 9.17) is 5.73 Å². The highest BCUT2D eigenvalue weighted by atomic mass is 32.1. The molecule has 0 spiro atoms. The van der Waals surface area contributed by atoms with Crippen molar-refractivity contribution in [2.75, 3.05) is 18.0 Å². The lowest BCUT2D eigenvalue weighted by Crippen LogP contribution is -2.24. The fourth-order valence-electron chi connectivity index (χ4n) is 2.10. The van der Waals surface area contributed by atoms with E-state index in [1.165, 1.54) is 16.2 Å². The number of nitrogens with zero attached hydrogens (tertiary/aromatic N) is 2. The Kier molecular flexibility index (Phi) is 2.67. The maximum Gasteiger partial charge on any atom is 0.267 e. The molecule has 1 amide bonds. The summed E-state index contributed by atoms with van der Waals surface area (Å²) in [5.41, 5.74) is 5.88. The number of rotatable bonds is 2. The molecule has 2 heterocycles. The fourth-order valence-corrected chi connectivity index (χ4v) is 3.10. The van der Waals surface area contributed by atoms with E-state index >= 15 is 0 Å². The molecule has 0 saturated carbocycles. The number of carbonyl (C=O) groups is 1. The highest BCUT2D eigenvalue weighted by molar-refractivity contribution is 7.22. The van der Waals surface area contributed by atoms with Crippen molar-refractivity contribution in [1.82, 2.24) is 4.98 Å². The Morgan fingerprint density at radius 3 is 3.00 bits per heavy atom.